The zero-order chi connectivity index (χ0) is 18.4. The second-order valence-corrected chi connectivity index (χ2v) is 5.43. The molecular weight excluding hydrogens is 347 g/mol. The highest BCUT2D eigenvalue weighted by Crippen LogP contribution is 2.50. The number of alkyl halides is 7. The average molecular weight is 363 g/mol. The molecule has 0 heterocycles. The highest BCUT2D eigenvalue weighted by Gasteiger charge is 2.79. The molecule has 12 heteroatoms. The lowest BCUT2D eigenvalue weighted by molar-refractivity contribution is -0.300. The molecule has 0 aromatic heterocycles. The lowest BCUT2D eigenvalue weighted by Crippen LogP contribution is -2.61. The van der Waals surface area contributed by atoms with Crippen LogP contribution < -0.4 is 5.73 Å². The fraction of sp³-hybridized carbons (Fsp3) is 0.800. The van der Waals surface area contributed by atoms with E-state index in [1.54, 1.807) is 6.08 Å². The Bertz CT molecular complexity index is 453. The lowest BCUT2D eigenvalue weighted by Gasteiger charge is -2.32. The van der Waals surface area contributed by atoms with E-state index in [1.165, 1.54) is 0 Å². The van der Waals surface area contributed by atoms with Crippen LogP contribution in [0.3, 0.4) is 0 Å². The first kappa shape index (κ1) is 23.4. The third-order valence-electron chi connectivity index (χ3n) is 2.21. The van der Waals surface area contributed by atoms with Gasteiger partial charge in [-0.3, -0.25) is 4.55 Å². The number of rotatable bonds is 7. The molecule has 134 valence electrons. The zero-order valence-corrected chi connectivity index (χ0v) is 12.2. The van der Waals surface area contributed by atoms with E-state index in [0.717, 1.165) is 6.92 Å². The minimum atomic E-state index is -6.82. The van der Waals surface area contributed by atoms with Crippen LogP contribution in [0.15, 0.2) is 12.7 Å². The molecule has 3 N–H and O–H groups in total. The summed E-state index contributed by atoms with van der Waals surface area (Å²) in [6.45, 7) is 5.06. The Labute approximate surface area is 122 Å². The van der Waals surface area contributed by atoms with E-state index in [4.69, 9.17) is 10.3 Å². The molecule has 0 fully saturated rings. The Balaban J connectivity index is 0. The Morgan fingerprint density at radius 1 is 1.23 bits per heavy atom. The highest BCUT2D eigenvalue weighted by atomic mass is 32.2. The quantitative estimate of drug-likeness (QED) is 0.414. The molecule has 0 bridgehead atoms. The van der Waals surface area contributed by atoms with Crippen LogP contribution in [0, 0.1) is 0 Å². The van der Waals surface area contributed by atoms with Crippen LogP contribution in [-0.4, -0.2) is 42.8 Å². The summed E-state index contributed by atoms with van der Waals surface area (Å²) in [5, 5.41) is -6.50. The van der Waals surface area contributed by atoms with Crippen LogP contribution >= 0.6 is 0 Å². The van der Waals surface area contributed by atoms with Crippen LogP contribution in [0.1, 0.15) is 19.8 Å². The van der Waals surface area contributed by atoms with E-state index in [2.05, 4.69) is 6.58 Å². The smallest absolute Gasteiger partial charge is 0.327 e. The summed E-state index contributed by atoms with van der Waals surface area (Å²) < 4.78 is 117. The van der Waals surface area contributed by atoms with Gasteiger partial charge in [-0.15, -0.1) is 6.58 Å². The number of halogens is 7. The maximum absolute atomic E-state index is 12.8. The van der Waals surface area contributed by atoms with Crippen molar-refractivity contribution < 1.29 is 43.7 Å². The Morgan fingerprint density at radius 2 is 1.59 bits per heavy atom. The molecule has 0 saturated heterocycles. The van der Waals surface area contributed by atoms with Crippen molar-refractivity contribution in [2.24, 2.45) is 5.73 Å². The molecule has 0 spiro atoms. The summed E-state index contributed by atoms with van der Waals surface area (Å²) in [7, 11) is -6.82. The highest BCUT2D eigenvalue weighted by molar-refractivity contribution is 7.87. The van der Waals surface area contributed by atoms with E-state index >= 15 is 0 Å². The first-order valence-corrected chi connectivity index (χ1v) is 7.14. The molecule has 0 aromatic carbocycles. The normalized spacial score (nSPS) is 14.8. The van der Waals surface area contributed by atoms with Gasteiger partial charge in [0.2, 0.25) is 0 Å². The molecule has 0 rings (SSSR count). The summed E-state index contributed by atoms with van der Waals surface area (Å²) in [6.07, 6.45) is -3.56. The van der Waals surface area contributed by atoms with Crippen molar-refractivity contribution in [3.05, 3.63) is 12.7 Å². The van der Waals surface area contributed by atoms with Gasteiger partial charge in [-0.25, -0.2) is 4.39 Å². The van der Waals surface area contributed by atoms with Gasteiger partial charge in [-0.05, 0) is 6.42 Å². The fourth-order valence-corrected chi connectivity index (χ4v) is 1.45. The van der Waals surface area contributed by atoms with E-state index < -0.39 is 39.8 Å². The molecule has 1 atom stereocenters. The predicted octanol–water partition coefficient (Wildman–Crippen LogP) is 3.01. The largest absolute Gasteiger partial charge is 0.438 e. The lowest BCUT2D eigenvalue weighted by atomic mass is 10.0. The van der Waals surface area contributed by atoms with Crippen molar-refractivity contribution >= 4 is 10.1 Å². The zero-order valence-electron chi connectivity index (χ0n) is 11.4. The SMILES string of the molecule is C=CCN.CCCC(F)C(F)(F)C(F)(F)C(F)(F)S(=O)(=O)O. The predicted molar refractivity (Wildman–Crippen MR) is 65.4 cm³/mol. The Morgan fingerprint density at radius 3 is 1.82 bits per heavy atom. The van der Waals surface area contributed by atoms with E-state index in [0.29, 0.717) is 6.54 Å². The van der Waals surface area contributed by atoms with Crippen molar-refractivity contribution in [1.29, 1.82) is 0 Å². The summed E-state index contributed by atoms with van der Waals surface area (Å²) >= 11 is 0. The molecule has 0 amide bonds. The van der Waals surface area contributed by atoms with Crippen molar-refractivity contribution in [3.63, 3.8) is 0 Å². The van der Waals surface area contributed by atoms with E-state index in [1.807, 2.05) is 0 Å². The second-order valence-electron chi connectivity index (χ2n) is 3.97. The standard InChI is InChI=1S/C7H9F7O3S.C3H7N/c1-2-3-4(8)5(9,10)6(11,12)7(13,14)18(15,16)17;1-2-3-4/h4H,2-3H2,1H3,(H,15,16,17);2H,1,3-4H2. The molecule has 4 nitrogen and oxygen atoms in total. The minimum absolute atomic E-state index is 0.357. The van der Waals surface area contributed by atoms with Crippen LogP contribution in [-0.2, 0) is 10.1 Å². The van der Waals surface area contributed by atoms with Gasteiger partial charge in [-0.1, -0.05) is 19.4 Å². The molecule has 1 unspecified atom stereocenters. The maximum atomic E-state index is 12.8. The Kier molecular flexibility index (Phi) is 8.62. The van der Waals surface area contributed by atoms with Gasteiger partial charge < -0.3 is 5.73 Å². The van der Waals surface area contributed by atoms with Crippen LogP contribution in [0.4, 0.5) is 30.7 Å². The van der Waals surface area contributed by atoms with Crippen molar-refractivity contribution in [3.8, 4) is 0 Å². The van der Waals surface area contributed by atoms with Gasteiger partial charge in [0.05, 0.1) is 0 Å². The molecule has 22 heavy (non-hydrogen) atoms. The van der Waals surface area contributed by atoms with Crippen molar-refractivity contribution in [2.75, 3.05) is 6.54 Å². The number of nitrogens with two attached hydrogens (primary N) is 1. The molecule has 0 saturated carbocycles. The van der Waals surface area contributed by atoms with Crippen molar-refractivity contribution in [1.82, 2.24) is 0 Å². The fourth-order valence-electron chi connectivity index (χ4n) is 0.987. The number of hydrogen-bond donors (Lipinski definition) is 2. The third kappa shape index (κ3) is 4.81. The van der Waals surface area contributed by atoms with Gasteiger partial charge in [-0.2, -0.15) is 34.8 Å². The van der Waals surface area contributed by atoms with Crippen LogP contribution in [0.25, 0.3) is 0 Å². The molecule has 0 aliphatic heterocycles. The van der Waals surface area contributed by atoms with Gasteiger partial charge >= 0.3 is 27.2 Å². The minimum Gasteiger partial charge on any atom is -0.327 e. The molecular formula is C10H16F7NO3S. The second kappa shape index (κ2) is 8.11. The average Bonchev–Trinajstić information content (AvgIpc) is 2.37. The van der Waals surface area contributed by atoms with Crippen LogP contribution in [0.5, 0.6) is 0 Å². The molecule has 0 aliphatic rings. The first-order chi connectivity index (χ1) is 9.65. The Hall–Kier alpha value is -0.880. The maximum Gasteiger partial charge on any atom is 0.438 e. The third-order valence-corrected chi connectivity index (χ3v) is 3.11. The molecule has 0 radical (unpaired) electrons. The summed E-state index contributed by atoms with van der Waals surface area (Å²) in [6, 6.07) is 0. The topological polar surface area (TPSA) is 80.4 Å². The molecule has 0 aromatic rings. The summed E-state index contributed by atoms with van der Waals surface area (Å²) in [4.78, 5) is 0. The van der Waals surface area contributed by atoms with E-state index in [-0.39, 0.29) is 6.42 Å². The van der Waals surface area contributed by atoms with Crippen LogP contribution in [0.2, 0.25) is 0 Å². The molecule has 0 aliphatic carbocycles. The van der Waals surface area contributed by atoms with Gasteiger partial charge in [0.25, 0.3) is 0 Å². The summed E-state index contributed by atoms with van der Waals surface area (Å²) in [5.74, 6) is -12.5. The van der Waals surface area contributed by atoms with Crippen molar-refractivity contribution in [2.45, 2.75) is 43.0 Å². The van der Waals surface area contributed by atoms with Gasteiger partial charge in [0.15, 0.2) is 6.17 Å². The number of hydrogen-bond acceptors (Lipinski definition) is 3. The summed E-state index contributed by atoms with van der Waals surface area (Å²) in [5.41, 5.74) is 4.91. The van der Waals surface area contributed by atoms with Gasteiger partial charge in [0.1, 0.15) is 0 Å². The van der Waals surface area contributed by atoms with Gasteiger partial charge in [0, 0.05) is 6.54 Å². The van der Waals surface area contributed by atoms with E-state index in [9.17, 15) is 39.2 Å². The monoisotopic (exact) mass is 363 g/mol. The first-order valence-electron chi connectivity index (χ1n) is 5.70.